The zero-order chi connectivity index (χ0) is 44.7. The molecule has 60 heavy (non-hydrogen) atoms. The monoisotopic (exact) mass is 837 g/mol. The van der Waals surface area contributed by atoms with Gasteiger partial charge in [0.2, 0.25) is 23.6 Å². The first-order chi connectivity index (χ1) is 28.5. The molecule has 0 bridgehead atoms. The highest BCUT2D eigenvalue weighted by atomic mass is 16.5. The number of amides is 4. The first-order valence-corrected chi connectivity index (χ1v) is 21.4. The van der Waals surface area contributed by atoms with E-state index in [0.29, 0.717) is 25.9 Å². The summed E-state index contributed by atoms with van der Waals surface area (Å²) in [4.78, 5) is 78.8. The summed E-state index contributed by atoms with van der Waals surface area (Å²) in [6.07, 6.45) is 4.45. The van der Waals surface area contributed by atoms with Gasteiger partial charge in [-0.1, -0.05) is 85.2 Å². The highest BCUT2D eigenvalue weighted by Gasteiger charge is 2.43. The van der Waals surface area contributed by atoms with Gasteiger partial charge >= 0.3 is 5.97 Å². The first-order valence-electron chi connectivity index (χ1n) is 21.4. The molecule has 1 aliphatic rings. The summed E-state index contributed by atoms with van der Waals surface area (Å²) in [6, 6.07) is 10.1. The minimum absolute atomic E-state index is 0.00788. The van der Waals surface area contributed by atoms with Crippen LogP contribution in [0, 0.1) is 23.7 Å². The number of aromatic nitrogens is 1. The minimum Gasteiger partial charge on any atom is -0.467 e. The van der Waals surface area contributed by atoms with Crippen molar-refractivity contribution in [1.82, 2.24) is 30.3 Å². The average Bonchev–Trinajstić information content (AvgIpc) is 3.72. The Balaban J connectivity index is 1.78. The number of pyridine rings is 1. The number of carbonyl (C=O) groups excluding carboxylic acids is 5. The van der Waals surface area contributed by atoms with Gasteiger partial charge in [0, 0.05) is 53.2 Å². The summed E-state index contributed by atoms with van der Waals surface area (Å²) in [6.45, 7) is 14.6. The van der Waals surface area contributed by atoms with E-state index in [-0.39, 0.29) is 54.2 Å². The van der Waals surface area contributed by atoms with Gasteiger partial charge in [-0.15, -0.1) is 0 Å². The van der Waals surface area contributed by atoms with Crippen LogP contribution in [0.2, 0.25) is 0 Å². The summed E-state index contributed by atoms with van der Waals surface area (Å²) in [5, 5.41) is 5.97. The third kappa shape index (κ3) is 13.3. The van der Waals surface area contributed by atoms with Gasteiger partial charge in [-0.3, -0.25) is 29.1 Å². The smallest absolute Gasteiger partial charge is 0.328 e. The highest BCUT2D eigenvalue weighted by molar-refractivity contribution is 5.90. The van der Waals surface area contributed by atoms with Crippen LogP contribution in [0.5, 0.6) is 0 Å². The quantitative estimate of drug-likeness (QED) is 0.153. The van der Waals surface area contributed by atoms with E-state index in [9.17, 15) is 24.0 Å². The summed E-state index contributed by atoms with van der Waals surface area (Å²) >= 11 is 0. The topological polar surface area (TPSA) is 160 Å². The Bertz CT molecular complexity index is 1660. The lowest BCUT2D eigenvalue weighted by Crippen LogP contribution is -2.60. The van der Waals surface area contributed by atoms with E-state index in [1.165, 1.54) is 14.2 Å². The Kier molecular flexibility index (Phi) is 20.1. The number of ether oxygens (including phenoxy) is 3. The summed E-state index contributed by atoms with van der Waals surface area (Å²) < 4.78 is 17.0. The Morgan fingerprint density at radius 1 is 0.850 bits per heavy atom. The van der Waals surface area contributed by atoms with Gasteiger partial charge in [0.1, 0.15) is 12.1 Å². The molecular formula is C46H72N6O8. The molecule has 1 aromatic heterocycles. The fourth-order valence-electron chi connectivity index (χ4n) is 8.65. The average molecular weight is 837 g/mol. The molecule has 2 heterocycles. The number of nitrogens with one attached hydrogen (secondary N) is 2. The van der Waals surface area contributed by atoms with Crippen LogP contribution in [0.4, 0.5) is 0 Å². The number of carbonyl (C=O) groups is 5. The van der Waals surface area contributed by atoms with Gasteiger partial charge in [-0.05, 0) is 60.9 Å². The number of nitrogens with zero attached hydrogens (tertiary/aromatic N) is 4. The van der Waals surface area contributed by atoms with Crippen LogP contribution < -0.4 is 10.6 Å². The number of likely N-dealkylation sites (tertiary alicyclic amines) is 1. The molecular weight excluding hydrogens is 765 g/mol. The van der Waals surface area contributed by atoms with Gasteiger partial charge < -0.3 is 34.6 Å². The van der Waals surface area contributed by atoms with Gasteiger partial charge in [-0.25, -0.2) is 4.79 Å². The van der Waals surface area contributed by atoms with E-state index in [0.717, 1.165) is 17.5 Å². The Labute approximate surface area is 358 Å². The van der Waals surface area contributed by atoms with E-state index < -0.39 is 54.3 Å². The fraction of sp³-hybridized carbons (Fsp3) is 0.652. The van der Waals surface area contributed by atoms with Crippen LogP contribution in [-0.2, 0) is 51.1 Å². The highest BCUT2D eigenvalue weighted by Crippen LogP contribution is 2.30. The Morgan fingerprint density at radius 3 is 2.05 bits per heavy atom. The van der Waals surface area contributed by atoms with Gasteiger partial charge in [0.05, 0.1) is 49.8 Å². The number of rotatable bonds is 23. The van der Waals surface area contributed by atoms with Crippen molar-refractivity contribution in [2.45, 2.75) is 130 Å². The van der Waals surface area contributed by atoms with E-state index in [2.05, 4.69) is 15.6 Å². The zero-order valence-corrected chi connectivity index (χ0v) is 38.1. The maximum Gasteiger partial charge on any atom is 0.328 e. The van der Waals surface area contributed by atoms with E-state index in [4.69, 9.17) is 14.2 Å². The van der Waals surface area contributed by atoms with E-state index in [1.807, 2.05) is 96.0 Å². The van der Waals surface area contributed by atoms with Crippen LogP contribution >= 0.6 is 0 Å². The first kappa shape index (κ1) is 50.0. The van der Waals surface area contributed by atoms with Crippen LogP contribution in [-0.4, -0.2) is 134 Å². The summed E-state index contributed by atoms with van der Waals surface area (Å²) in [5.41, 5.74) is 1.90. The minimum atomic E-state index is -0.898. The molecule has 3 rings (SSSR count). The molecule has 334 valence electrons. The van der Waals surface area contributed by atoms with Crippen molar-refractivity contribution < 1.29 is 38.2 Å². The Hall–Kier alpha value is -4.40. The molecule has 1 fully saturated rings. The van der Waals surface area contributed by atoms with Crippen molar-refractivity contribution in [1.29, 1.82) is 0 Å². The molecule has 0 spiro atoms. The number of methoxy groups -OCH3 is 3. The number of benzene rings is 1. The molecule has 0 radical (unpaired) electrons. The standard InChI is InChI=1S/C46H72N6O8/c1-13-31(6)41(51(9)45(56)39(29(2)3)49-44(55)40(30(4)5)50(8)28-34-21-23-47-24-22-34)37(58-10)27-38(53)52-25-17-20-36(52)42(59-11)32(7)43(54)48-35(46(57)60-12)26-33-18-15-14-16-19-33/h14-16,18-19,21-24,29-32,35-37,39-42H,13,17,20,25-28H2,1-12H3,(H,48,54)(H,49,55). The van der Waals surface area contributed by atoms with Crippen molar-refractivity contribution in [3.8, 4) is 0 Å². The van der Waals surface area contributed by atoms with Crippen molar-refractivity contribution in [2.75, 3.05) is 42.0 Å². The van der Waals surface area contributed by atoms with Gasteiger partial charge in [0.15, 0.2) is 0 Å². The molecule has 1 aliphatic heterocycles. The van der Waals surface area contributed by atoms with Gasteiger partial charge in [0.25, 0.3) is 0 Å². The van der Waals surface area contributed by atoms with Crippen LogP contribution in [0.3, 0.4) is 0 Å². The summed E-state index contributed by atoms with van der Waals surface area (Å²) in [7, 11) is 8.01. The van der Waals surface area contributed by atoms with Crippen LogP contribution in [0.25, 0.3) is 0 Å². The van der Waals surface area contributed by atoms with Crippen molar-refractivity contribution in [3.05, 3.63) is 66.0 Å². The molecule has 9 unspecified atom stereocenters. The lowest BCUT2D eigenvalue weighted by molar-refractivity contribution is -0.149. The molecule has 0 aliphatic carbocycles. The summed E-state index contributed by atoms with van der Waals surface area (Å²) in [5.74, 6) is -2.61. The maximum absolute atomic E-state index is 14.5. The molecule has 2 aromatic rings. The number of esters is 1. The number of hydrogen-bond acceptors (Lipinski definition) is 10. The predicted molar refractivity (Wildman–Crippen MR) is 231 cm³/mol. The van der Waals surface area contributed by atoms with Crippen molar-refractivity contribution in [2.24, 2.45) is 23.7 Å². The molecule has 4 amide bonds. The van der Waals surface area contributed by atoms with Crippen molar-refractivity contribution >= 4 is 29.6 Å². The third-order valence-corrected chi connectivity index (χ3v) is 12.1. The molecule has 14 heteroatoms. The maximum atomic E-state index is 14.5. The lowest BCUT2D eigenvalue weighted by Gasteiger charge is -2.41. The third-order valence-electron chi connectivity index (χ3n) is 12.1. The number of likely N-dealkylation sites (N-methyl/N-ethyl adjacent to an activating group) is 2. The van der Waals surface area contributed by atoms with E-state index >= 15 is 0 Å². The van der Waals surface area contributed by atoms with Crippen LogP contribution in [0.1, 0.15) is 85.3 Å². The van der Waals surface area contributed by atoms with Gasteiger partial charge in [-0.2, -0.15) is 0 Å². The second-order valence-corrected chi connectivity index (χ2v) is 17.1. The van der Waals surface area contributed by atoms with E-state index in [1.54, 1.807) is 43.3 Å². The lowest BCUT2D eigenvalue weighted by atomic mass is 9.89. The van der Waals surface area contributed by atoms with Crippen molar-refractivity contribution in [3.63, 3.8) is 0 Å². The molecule has 2 N–H and O–H groups in total. The molecule has 0 saturated carbocycles. The Morgan fingerprint density at radius 2 is 1.50 bits per heavy atom. The largest absolute Gasteiger partial charge is 0.467 e. The molecule has 1 aromatic carbocycles. The predicted octanol–water partition coefficient (Wildman–Crippen LogP) is 4.50. The second kappa shape index (κ2) is 24.1. The molecule has 14 nitrogen and oxygen atoms in total. The SMILES string of the molecule is CCC(C)C(C(CC(=O)N1CCCC1C(OC)C(C)C(=O)NC(Cc1ccccc1)C(=O)OC)OC)N(C)C(=O)C(NC(=O)C(C(C)C)N(C)Cc1ccncc1)C(C)C. The van der Waals surface area contributed by atoms with Crippen LogP contribution in [0.15, 0.2) is 54.9 Å². The normalized spacial score (nSPS) is 18.2. The fourth-order valence-corrected chi connectivity index (χ4v) is 8.65. The zero-order valence-electron chi connectivity index (χ0n) is 38.1. The molecule has 1 saturated heterocycles. The number of hydrogen-bond donors (Lipinski definition) is 2. The molecule has 9 atom stereocenters. The second-order valence-electron chi connectivity index (χ2n) is 17.1.